The molecule has 0 bridgehead atoms. The van der Waals surface area contributed by atoms with E-state index in [0.717, 1.165) is 0 Å². The standard InChI is InChI=1S/C16H20FNO3/c1-9-7-12(13(8-9)16(20)21)15(19)18-10(2)11-5-3-4-6-14(11)17/h3-6,9-10,12-13H,7-8H2,1-2H3,(H,18,19)(H,20,21). The molecule has 0 heterocycles. The highest BCUT2D eigenvalue weighted by Crippen LogP contribution is 2.37. The highest BCUT2D eigenvalue weighted by atomic mass is 19.1. The van der Waals surface area contributed by atoms with Gasteiger partial charge in [-0.15, -0.1) is 0 Å². The van der Waals surface area contributed by atoms with Crippen molar-refractivity contribution in [3.8, 4) is 0 Å². The Morgan fingerprint density at radius 1 is 1.29 bits per heavy atom. The number of nitrogens with one attached hydrogen (secondary N) is 1. The molecule has 4 unspecified atom stereocenters. The number of carbonyl (C=O) groups excluding carboxylic acids is 1. The van der Waals surface area contributed by atoms with Crippen LogP contribution in [0.5, 0.6) is 0 Å². The van der Waals surface area contributed by atoms with Crippen molar-refractivity contribution in [2.75, 3.05) is 0 Å². The maximum Gasteiger partial charge on any atom is 0.307 e. The normalized spacial score (nSPS) is 26.3. The number of aliphatic carboxylic acids is 1. The van der Waals surface area contributed by atoms with Gasteiger partial charge in [-0.25, -0.2) is 4.39 Å². The van der Waals surface area contributed by atoms with Crippen molar-refractivity contribution in [2.45, 2.75) is 32.7 Å². The molecule has 0 aromatic heterocycles. The first kappa shape index (κ1) is 15.5. The molecule has 0 spiro atoms. The molecule has 1 aliphatic rings. The number of rotatable bonds is 4. The summed E-state index contributed by atoms with van der Waals surface area (Å²) in [6.07, 6.45) is 1.08. The number of hydrogen-bond acceptors (Lipinski definition) is 2. The molecule has 2 rings (SSSR count). The minimum Gasteiger partial charge on any atom is -0.481 e. The van der Waals surface area contributed by atoms with Gasteiger partial charge in [0.1, 0.15) is 5.82 Å². The van der Waals surface area contributed by atoms with Crippen LogP contribution in [0.3, 0.4) is 0 Å². The first-order chi connectivity index (χ1) is 9.90. The van der Waals surface area contributed by atoms with E-state index in [1.165, 1.54) is 6.07 Å². The van der Waals surface area contributed by atoms with E-state index in [-0.39, 0.29) is 17.6 Å². The summed E-state index contributed by atoms with van der Waals surface area (Å²) < 4.78 is 13.7. The lowest BCUT2D eigenvalue weighted by atomic mass is 9.94. The van der Waals surface area contributed by atoms with Gasteiger partial charge in [0.15, 0.2) is 0 Å². The highest BCUT2D eigenvalue weighted by Gasteiger charge is 2.41. The Kier molecular flexibility index (Phi) is 4.60. The Hall–Kier alpha value is -1.91. The van der Waals surface area contributed by atoms with Gasteiger partial charge in [0, 0.05) is 5.56 Å². The lowest BCUT2D eigenvalue weighted by Gasteiger charge is -2.20. The van der Waals surface area contributed by atoms with E-state index in [9.17, 15) is 19.1 Å². The van der Waals surface area contributed by atoms with Crippen LogP contribution in [0.15, 0.2) is 24.3 Å². The maximum absolute atomic E-state index is 13.7. The van der Waals surface area contributed by atoms with E-state index in [2.05, 4.69) is 5.32 Å². The third-order valence-electron chi connectivity index (χ3n) is 4.18. The first-order valence-electron chi connectivity index (χ1n) is 7.17. The number of carbonyl (C=O) groups is 2. The highest BCUT2D eigenvalue weighted by molar-refractivity contribution is 5.85. The van der Waals surface area contributed by atoms with Crippen LogP contribution in [-0.4, -0.2) is 17.0 Å². The van der Waals surface area contributed by atoms with Gasteiger partial charge in [-0.1, -0.05) is 25.1 Å². The number of halogens is 1. The fourth-order valence-corrected chi connectivity index (χ4v) is 3.08. The molecular weight excluding hydrogens is 273 g/mol. The van der Waals surface area contributed by atoms with Gasteiger partial charge in [-0.3, -0.25) is 9.59 Å². The summed E-state index contributed by atoms with van der Waals surface area (Å²) in [7, 11) is 0. The molecule has 0 radical (unpaired) electrons. The molecule has 1 amide bonds. The van der Waals surface area contributed by atoms with Crippen molar-refractivity contribution in [3.05, 3.63) is 35.6 Å². The summed E-state index contributed by atoms with van der Waals surface area (Å²) in [6, 6.07) is 5.77. The summed E-state index contributed by atoms with van der Waals surface area (Å²) in [5, 5.41) is 11.9. The Bertz CT molecular complexity index is 546. The van der Waals surface area contributed by atoms with E-state index in [4.69, 9.17) is 0 Å². The Morgan fingerprint density at radius 3 is 2.52 bits per heavy atom. The second kappa shape index (κ2) is 6.24. The minimum atomic E-state index is -0.932. The predicted molar refractivity (Wildman–Crippen MR) is 76.0 cm³/mol. The average Bonchev–Trinajstić information content (AvgIpc) is 2.81. The molecule has 2 N–H and O–H groups in total. The lowest BCUT2D eigenvalue weighted by Crippen LogP contribution is -2.36. The van der Waals surface area contributed by atoms with Crippen LogP contribution in [0, 0.1) is 23.6 Å². The summed E-state index contributed by atoms with van der Waals surface area (Å²) >= 11 is 0. The van der Waals surface area contributed by atoms with Crippen molar-refractivity contribution in [2.24, 2.45) is 17.8 Å². The van der Waals surface area contributed by atoms with E-state index in [1.54, 1.807) is 25.1 Å². The van der Waals surface area contributed by atoms with Crippen molar-refractivity contribution in [1.82, 2.24) is 5.32 Å². The summed E-state index contributed by atoms with van der Waals surface area (Å²) in [5.41, 5.74) is 0.406. The van der Waals surface area contributed by atoms with Crippen molar-refractivity contribution >= 4 is 11.9 Å². The first-order valence-corrected chi connectivity index (χ1v) is 7.17. The van der Waals surface area contributed by atoms with Crippen LogP contribution in [0.1, 0.15) is 38.3 Å². The van der Waals surface area contributed by atoms with Crippen molar-refractivity contribution in [3.63, 3.8) is 0 Å². The molecule has 0 aliphatic heterocycles. The molecule has 1 aromatic rings. The van der Waals surface area contributed by atoms with Crippen molar-refractivity contribution < 1.29 is 19.1 Å². The Labute approximate surface area is 123 Å². The molecular formula is C16H20FNO3. The molecule has 4 atom stereocenters. The smallest absolute Gasteiger partial charge is 0.307 e. The zero-order valence-corrected chi connectivity index (χ0v) is 12.2. The zero-order chi connectivity index (χ0) is 15.6. The van der Waals surface area contributed by atoms with Crippen LogP contribution in [0.2, 0.25) is 0 Å². The second-order valence-corrected chi connectivity index (χ2v) is 5.88. The minimum absolute atomic E-state index is 0.214. The molecule has 1 fully saturated rings. The van der Waals surface area contributed by atoms with E-state index < -0.39 is 23.8 Å². The Balaban J connectivity index is 2.07. The summed E-state index contributed by atoms with van der Waals surface area (Å²) in [6.45, 7) is 3.65. The zero-order valence-electron chi connectivity index (χ0n) is 12.2. The van der Waals surface area contributed by atoms with Crippen LogP contribution in [-0.2, 0) is 9.59 Å². The van der Waals surface area contributed by atoms with E-state index in [1.807, 2.05) is 6.92 Å². The summed E-state index contributed by atoms with van der Waals surface area (Å²) in [4.78, 5) is 23.5. The third-order valence-corrected chi connectivity index (χ3v) is 4.18. The molecule has 21 heavy (non-hydrogen) atoms. The van der Waals surface area contributed by atoms with Gasteiger partial charge in [-0.2, -0.15) is 0 Å². The van der Waals surface area contributed by atoms with E-state index in [0.29, 0.717) is 18.4 Å². The maximum atomic E-state index is 13.7. The number of amides is 1. The lowest BCUT2D eigenvalue weighted by molar-refractivity contribution is -0.146. The summed E-state index contributed by atoms with van der Waals surface area (Å²) in [5.74, 6) is -2.58. The fraction of sp³-hybridized carbons (Fsp3) is 0.500. The molecule has 5 heteroatoms. The van der Waals surface area contributed by atoms with Crippen molar-refractivity contribution in [1.29, 1.82) is 0 Å². The second-order valence-electron chi connectivity index (χ2n) is 5.88. The Morgan fingerprint density at radius 2 is 1.90 bits per heavy atom. The monoisotopic (exact) mass is 293 g/mol. The van der Waals surface area contributed by atoms with Gasteiger partial charge in [0.25, 0.3) is 0 Å². The average molecular weight is 293 g/mol. The number of carboxylic acid groups (broad SMARTS) is 1. The topological polar surface area (TPSA) is 66.4 Å². The number of benzene rings is 1. The van der Waals surface area contributed by atoms with Gasteiger partial charge < -0.3 is 10.4 Å². The van der Waals surface area contributed by atoms with Gasteiger partial charge in [-0.05, 0) is 31.7 Å². The van der Waals surface area contributed by atoms with Crippen LogP contribution >= 0.6 is 0 Å². The van der Waals surface area contributed by atoms with Crippen LogP contribution in [0.4, 0.5) is 4.39 Å². The SMILES string of the molecule is CC1CC(C(=O)O)C(C(=O)NC(C)c2ccccc2F)C1. The van der Waals surface area contributed by atoms with Gasteiger partial charge in [0.05, 0.1) is 17.9 Å². The molecule has 1 aliphatic carbocycles. The number of carboxylic acids is 1. The van der Waals surface area contributed by atoms with Crippen LogP contribution in [0.25, 0.3) is 0 Å². The molecule has 0 saturated heterocycles. The predicted octanol–water partition coefficient (Wildman–Crippen LogP) is 2.75. The molecule has 4 nitrogen and oxygen atoms in total. The molecule has 1 saturated carbocycles. The molecule has 114 valence electrons. The van der Waals surface area contributed by atoms with Gasteiger partial charge >= 0.3 is 5.97 Å². The largest absolute Gasteiger partial charge is 0.481 e. The number of hydrogen-bond donors (Lipinski definition) is 2. The van der Waals surface area contributed by atoms with E-state index >= 15 is 0 Å². The van der Waals surface area contributed by atoms with Gasteiger partial charge in [0.2, 0.25) is 5.91 Å². The quantitative estimate of drug-likeness (QED) is 0.897. The third kappa shape index (κ3) is 3.40. The van der Waals surface area contributed by atoms with Crippen LogP contribution < -0.4 is 5.32 Å². The molecule has 1 aromatic carbocycles. The fourth-order valence-electron chi connectivity index (χ4n) is 3.08.